The molecule has 3 aliphatic rings. The van der Waals surface area contributed by atoms with E-state index >= 15 is 0 Å². The molecule has 4 nitrogen and oxygen atoms in total. The van der Waals surface area contributed by atoms with Crippen LogP contribution in [0.3, 0.4) is 0 Å². The number of fused-ring (bicyclic) bond motifs is 5. The zero-order chi connectivity index (χ0) is 34.3. The summed E-state index contributed by atoms with van der Waals surface area (Å²) in [5.41, 5.74) is -3.36. The van der Waals surface area contributed by atoms with Crippen molar-refractivity contribution in [2.45, 2.75) is 109 Å². The van der Waals surface area contributed by atoms with Crippen LogP contribution in [0.5, 0.6) is 5.75 Å². The van der Waals surface area contributed by atoms with E-state index in [1.165, 1.54) is 23.1 Å². The van der Waals surface area contributed by atoms with Crippen molar-refractivity contribution in [3.8, 4) is 5.75 Å². The predicted octanol–water partition coefficient (Wildman–Crippen LogP) is 9.12. The topological polar surface area (TPSA) is 30.9 Å². The summed E-state index contributed by atoms with van der Waals surface area (Å²) in [6, 6.07) is 6.50. The van der Waals surface area contributed by atoms with Gasteiger partial charge in [0, 0.05) is 13.1 Å². The van der Waals surface area contributed by atoms with Gasteiger partial charge in [-0.3, -0.25) is 0 Å². The SMILES string of the molecule is CN(CCOC1CCC2C3CCc4cc(OCCC(C)(C)C)ccc4C3CCC12C)CCOC(C(F)(F)F)(C(F)(F)F)C(F)(F)F. The van der Waals surface area contributed by atoms with Crippen LogP contribution in [0.25, 0.3) is 0 Å². The molecular weight excluding hydrogens is 629 g/mol. The van der Waals surface area contributed by atoms with Crippen molar-refractivity contribution in [1.29, 1.82) is 0 Å². The van der Waals surface area contributed by atoms with E-state index in [1.54, 1.807) is 0 Å². The Labute approximate surface area is 265 Å². The molecule has 3 aliphatic carbocycles. The van der Waals surface area contributed by atoms with Crippen LogP contribution in [0.4, 0.5) is 39.5 Å². The van der Waals surface area contributed by atoms with Gasteiger partial charge in [0.25, 0.3) is 0 Å². The molecule has 2 saturated carbocycles. The van der Waals surface area contributed by atoms with E-state index in [0.717, 1.165) is 50.7 Å². The first-order valence-electron chi connectivity index (χ1n) is 16.0. The fraction of sp³-hybridized carbons (Fsp3) is 0.818. The van der Waals surface area contributed by atoms with E-state index in [-0.39, 0.29) is 30.1 Å². The molecule has 0 N–H and O–H groups in total. The monoisotopic (exact) mass is 675 g/mol. The molecule has 0 aliphatic heterocycles. The highest BCUT2D eigenvalue weighted by molar-refractivity contribution is 5.40. The fourth-order valence-corrected chi connectivity index (χ4v) is 7.89. The maximum atomic E-state index is 13.1. The number of nitrogens with zero attached hydrogens (tertiary/aromatic N) is 1. The van der Waals surface area contributed by atoms with Gasteiger partial charge in [0.15, 0.2) is 0 Å². The smallest absolute Gasteiger partial charge is 0.435 e. The summed E-state index contributed by atoms with van der Waals surface area (Å²) in [6.07, 6.45) is -13.4. The highest BCUT2D eigenvalue weighted by Crippen LogP contribution is 2.61. The summed E-state index contributed by atoms with van der Waals surface area (Å²) in [5, 5.41) is 0. The van der Waals surface area contributed by atoms with Crippen molar-refractivity contribution in [2.24, 2.45) is 22.7 Å². The van der Waals surface area contributed by atoms with Gasteiger partial charge in [-0.2, -0.15) is 39.5 Å². The molecule has 4 rings (SSSR count). The molecule has 5 atom stereocenters. The molecule has 2 fully saturated rings. The van der Waals surface area contributed by atoms with Crippen molar-refractivity contribution < 1.29 is 53.7 Å². The minimum absolute atomic E-state index is 0.0589. The van der Waals surface area contributed by atoms with Crippen LogP contribution in [0.1, 0.15) is 83.3 Å². The van der Waals surface area contributed by atoms with Crippen molar-refractivity contribution in [2.75, 3.05) is 40.0 Å². The number of halogens is 9. The third-order valence-electron chi connectivity index (χ3n) is 10.5. The van der Waals surface area contributed by atoms with E-state index in [0.29, 0.717) is 24.4 Å². The average Bonchev–Trinajstić information content (AvgIpc) is 3.24. The Morgan fingerprint density at radius 1 is 0.826 bits per heavy atom. The molecule has 13 heteroatoms. The van der Waals surface area contributed by atoms with Gasteiger partial charge >= 0.3 is 24.1 Å². The molecule has 0 amide bonds. The van der Waals surface area contributed by atoms with Gasteiger partial charge in [-0.25, -0.2) is 0 Å². The zero-order valence-electron chi connectivity index (χ0n) is 27.1. The normalized spacial score (nSPS) is 27.4. The molecule has 0 heterocycles. The molecule has 0 bridgehead atoms. The lowest BCUT2D eigenvalue weighted by molar-refractivity contribution is -0.457. The third kappa shape index (κ3) is 7.46. The number of alkyl halides is 9. The number of rotatable bonds is 11. The Morgan fingerprint density at radius 2 is 1.46 bits per heavy atom. The average molecular weight is 676 g/mol. The van der Waals surface area contributed by atoms with Crippen molar-refractivity contribution >= 4 is 0 Å². The third-order valence-corrected chi connectivity index (χ3v) is 10.5. The molecule has 0 radical (unpaired) electrons. The van der Waals surface area contributed by atoms with E-state index in [2.05, 4.69) is 50.6 Å². The molecular formula is C33H46F9NO3. The molecule has 1 aromatic carbocycles. The van der Waals surface area contributed by atoms with Crippen LogP contribution in [0.15, 0.2) is 18.2 Å². The van der Waals surface area contributed by atoms with Gasteiger partial charge in [0.2, 0.25) is 0 Å². The molecule has 5 unspecified atom stereocenters. The van der Waals surface area contributed by atoms with E-state index in [9.17, 15) is 39.5 Å². The standard InChI is InChI=1S/C33H46F9NO3/c1-28(2,3)14-17-44-22-7-9-23-21(20-22)6-8-25-24(23)12-13-29(4)26(25)10-11-27(29)45-18-15-43(5)16-19-46-30(31(34,35)36,32(37,38)39)33(40,41)42/h7,9,20,24-27H,6,8,10-19H2,1-5H3. The van der Waals surface area contributed by atoms with Crippen molar-refractivity contribution in [3.63, 3.8) is 0 Å². The summed E-state index contributed by atoms with van der Waals surface area (Å²) in [5.74, 6) is 2.35. The lowest BCUT2D eigenvalue weighted by Crippen LogP contribution is -2.68. The van der Waals surface area contributed by atoms with Gasteiger partial charge in [0.1, 0.15) is 5.75 Å². The Morgan fingerprint density at radius 3 is 2.07 bits per heavy atom. The first-order chi connectivity index (χ1) is 21.1. The minimum Gasteiger partial charge on any atom is -0.494 e. The molecule has 1 aromatic rings. The molecule has 0 aromatic heterocycles. The number of ether oxygens (including phenoxy) is 3. The summed E-state index contributed by atoms with van der Waals surface area (Å²) < 4.78 is 134. The maximum absolute atomic E-state index is 13.1. The highest BCUT2D eigenvalue weighted by atomic mass is 19.4. The van der Waals surface area contributed by atoms with E-state index in [4.69, 9.17) is 9.47 Å². The van der Waals surface area contributed by atoms with Crippen molar-refractivity contribution in [1.82, 2.24) is 4.90 Å². The molecule has 0 saturated heterocycles. The largest absolute Gasteiger partial charge is 0.494 e. The van der Waals surface area contributed by atoms with Gasteiger partial charge in [-0.05, 0) is 104 Å². The van der Waals surface area contributed by atoms with Gasteiger partial charge in [0.05, 0.1) is 25.9 Å². The Bertz CT molecular complexity index is 1140. The van der Waals surface area contributed by atoms with Crippen LogP contribution in [-0.4, -0.2) is 75.1 Å². The number of benzene rings is 1. The second-order valence-corrected chi connectivity index (χ2v) is 14.7. The first-order valence-corrected chi connectivity index (χ1v) is 16.0. The second-order valence-electron chi connectivity index (χ2n) is 14.7. The summed E-state index contributed by atoms with van der Waals surface area (Å²) >= 11 is 0. The number of aryl methyl sites for hydroxylation is 1. The van der Waals surface area contributed by atoms with Gasteiger partial charge in [-0.1, -0.05) is 33.8 Å². The van der Waals surface area contributed by atoms with Crippen LogP contribution in [0.2, 0.25) is 0 Å². The first kappa shape index (κ1) is 37.1. The van der Waals surface area contributed by atoms with Crippen molar-refractivity contribution in [3.05, 3.63) is 29.3 Å². The summed E-state index contributed by atoms with van der Waals surface area (Å²) in [4.78, 5) is 1.30. The predicted molar refractivity (Wildman–Crippen MR) is 155 cm³/mol. The molecule has 264 valence electrons. The lowest BCUT2D eigenvalue weighted by Gasteiger charge is -2.50. The number of likely N-dealkylation sites (N-methyl/N-ethyl adjacent to an activating group) is 1. The Kier molecular flexibility index (Phi) is 10.7. The number of hydrogen-bond acceptors (Lipinski definition) is 4. The molecule has 46 heavy (non-hydrogen) atoms. The summed E-state index contributed by atoms with van der Waals surface area (Å²) in [6.45, 7) is 7.74. The molecule has 0 spiro atoms. The fourth-order valence-electron chi connectivity index (χ4n) is 7.89. The highest BCUT2D eigenvalue weighted by Gasteiger charge is 2.85. The zero-order valence-corrected chi connectivity index (χ0v) is 27.1. The lowest BCUT2D eigenvalue weighted by atomic mass is 9.55. The quantitative estimate of drug-likeness (QED) is 0.219. The number of hydrogen-bond donors (Lipinski definition) is 0. The van der Waals surface area contributed by atoms with Crippen LogP contribution in [0, 0.1) is 22.7 Å². The van der Waals surface area contributed by atoms with Crippen LogP contribution >= 0.6 is 0 Å². The maximum Gasteiger partial charge on any atom is 0.435 e. The van der Waals surface area contributed by atoms with E-state index < -0.39 is 37.3 Å². The van der Waals surface area contributed by atoms with E-state index in [1.807, 2.05) is 0 Å². The summed E-state index contributed by atoms with van der Waals surface area (Å²) in [7, 11) is 1.38. The Hall–Kier alpha value is -1.73. The van der Waals surface area contributed by atoms with Crippen LogP contribution < -0.4 is 4.74 Å². The second kappa shape index (κ2) is 13.3. The van der Waals surface area contributed by atoms with Gasteiger partial charge < -0.3 is 19.1 Å². The Balaban J connectivity index is 1.29. The van der Waals surface area contributed by atoms with Gasteiger partial charge in [-0.15, -0.1) is 0 Å². The minimum atomic E-state index is -6.73. The van der Waals surface area contributed by atoms with Crippen LogP contribution in [-0.2, 0) is 15.9 Å².